The number of carbonyl (C=O) groups excluding carboxylic acids is 1. The normalized spacial score (nSPS) is 22.4. The highest BCUT2D eigenvalue weighted by Crippen LogP contribution is 2.23. The van der Waals surface area contributed by atoms with Gasteiger partial charge in [-0.15, -0.1) is 11.3 Å². The van der Waals surface area contributed by atoms with Crippen molar-refractivity contribution in [1.29, 1.82) is 0 Å². The number of amides is 1. The second kappa shape index (κ2) is 7.00. The lowest BCUT2D eigenvalue weighted by Gasteiger charge is -2.17. The van der Waals surface area contributed by atoms with Crippen LogP contribution in [0, 0.1) is 0 Å². The van der Waals surface area contributed by atoms with Crippen molar-refractivity contribution in [2.75, 3.05) is 18.6 Å². The van der Waals surface area contributed by atoms with Gasteiger partial charge in [-0.25, -0.2) is 13.4 Å². The number of hydrogen-bond donors (Lipinski definition) is 1. The third-order valence-corrected chi connectivity index (χ3v) is 6.51. The third-order valence-electron chi connectivity index (χ3n) is 3.86. The van der Waals surface area contributed by atoms with Crippen LogP contribution in [0.2, 0.25) is 0 Å². The fourth-order valence-electron chi connectivity index (χ4n) is 2.71. The van der Waals surface area contributed by atoms with Gasteiger partial charge in [0, 0.05) is 18.1 Å². The van der Waals surface area contributed by atoms with Crippen molar-refractivity contribution in [1.82, 2.24) is 10.3 Å². The first-order chi connectivity index (χ1) is 11.5. The zero-order valence-electron chi connectivity index (χ0n) is 13.1. The van der Waals surface area contributed by atoms with E-state index in [4.69, 9.17) is 4.74 Å². The number of aromatic nitrogens is 1. The lowest BCUT2D eigenvalue weighted by Crippen LogP contribution is -2.44. The molecule has 24 heavy (non-hydrogen) atoms. The van der Waals surface area contributed by atoms with Crippen molar-refractivity contribution >= 4 is 27.1 Å². The lowest BCUT2D eigenvalue weighted by atomic mass is 10.2. The number of rotatable bonds is 5. The number of methoxy groups -OCH3 is 1. The van der Waals surface area contributed by atoms with Gasteiger partial charge in [-0.05, 0) is 0 Å². The van der Waals surface area contributed by atoms with Gasteiger partial charge in [-0.3, -0.25) is 4.79 Å². The Balaban J connectivity index is 1.63. The number of thiazole rings is 1. The molecule has 6 nitrogen and oxygen atoms in total. The van der Waals surface area contributed by atoms with Gasteiger partial charge < -0.3 is 10.1 Å². The number of sulfone groups is 1. The first-order valence-electron chi connectivity index (χ1n) is 7.49. The minimum absolute atomic E-state index is 0.0523. The molecule has 1 N–H and O–H groups in total. The number of ether oxygens (including phenoxy) is 1. The number of carbonyl (C=O) groups is 1. The van der Waals surface area contributed by atoms with Crippen molar-refractivity contribution in [3.8, 4) is 10.6 Å². The standard InChI is InChI=1S/C16H18N2O4S2/c1-22-14-10-24(20,21)9-13(14)18-15(19)7-12-8-23-16(17-12)11-5-3-2-4-6-11/h2-6,8,13-14H,7,9-10H2,1H3,(H,18,19). The molecule has 0 bridgehead atoms. The molecule has 2 heterocycles. The minimum Gasteiger partial charge on any atom is -0.378 e. The van der Waals surface area contributed by atoms with Crippen LogP contribution in [0.3, 0.4) is 0 Å². The Labute approximate surface area is 144 Å². The highest BCUT2D eigenvalue weighted by atomic mass is 32.2. The average Bonchev–Trinajstić information content (AvgIpc) is 3.12. The summed E-state index contributed by atoms with van der Waals surface area (Å²) in [6, 6.07) is 9.25. The Morgan fingerprint density at radius 2 is 2.08 bits per heavy atom. The molecule has 0 aliphatic carbocycles. The maximum Gasteiger partial charge on any atom is 0.226 e. The SMILES string of the molecule is COC1CS(=O)(=O)CC1NC(=O)Cc1csc(-c2ccccc2)n1. The summed E-state index contributed by atoms with van der Waals surface area (Å²) >= 11 is 1.48. The van der Waals surface area contributed by atoms with Gasteiger partial charge in [0.1, 0.15) is 5.01 Å². The van der Waals surface area contributed by atoms with Gasteiger partial charge in [0.2, 0.25) is 5.91 Å². The van der Waals surface area contributed by atoms with Crippen molar-refractivity contribution in [3.05, 3.63) is 41.4 Å². The van der Waals surface area contributed by atoms with Crippen molar-refractivity contribution in [2.45, 2.75) is 18.6 Å². The summed E-state index contributed by atoms with van der Waals surface area (Å²) in [7, 11) is -1.70. The number of nitrogens with one attached hydrogen (secondary N) is 1. The van der Waals surface area contributed by atoms with Crippen LogP contribution in [-0.2, 0) is 25.8 Å². The van der Waals surface area contributed by atoms with Crippen LogP contribution in [0.4, 0.5) is 0 Å². The smallest absolute Gasteiger partial charge is 0.226 e. The molecule has 1 aromatic carbocycles. The molecular weight excluding hydrogens is 348 g/mol. The van der Waals surface area contributed by atoms with E-state index in [1.54, 1.807) is 0 Å². The molecule has 1 aromatic heterocycles. The molecule has 2 unspecified atom stereocenters. The second-order valence-corrected chi connectivity index (χ2v) is 8.72. The van der Waals surface area contributed by atoms with E-state index in [1.165, 1.54) is 18.4 Å². The number of nitrogens with zero attached hydrogens (tertiary/aromatic N) is 1. The molecule has 1 aliphatic heterocycles. The van der Waals surface area contributed by atoms with Crippen molar-refractivity contribution in [3.63, 3.8) is 0 Å². The summed E-state index contributed by atoms with van der Waals surface area (Å²) in [5.41, 5.74) is 1.68. The summed E-state index contributed by atoms with van der Waals surface area (Å²) in [6.45, 7) is 0. The molecule has 1 saturated heterocycles. The molecule has 0 saturated carbocycles. The van der Waals surface area contributed by atoms with E-state index in [-0.39, 0.29) is 23.8 Å². The minimum atomic E-state index is -3.16. The topological polar surface area (TPSA) is 85.4 Å². The highest BCUT2D eigenvalue weighted by Gasteiger charge is 2.38. The van der Waals surface area contributed by atoms with Gasteiger partial charge in [0.15, 0.2) is 9.84 Å². The highest BCUT2D eigenvalue weighted by molar-refractivity contribution is 7.91. The quantitative estimate of drug-likeness (QED) is 0.862. The van der Waals surface area contributed by atoms with E-state index in [9.17, 15) is 13.2 Å². The van der Waals surface area contributed by atoms with E-state index in [0.29, 0.717) is 5.69 Å². The first-order valence-corrected chi connectivity index (χ1v) is 10.2. The van der Waals surface area contributed by atoms with Crippen LogP contribution in [0.25, 0.3) is 10.6 Å². The Hall–Kier alpha value is -1.77. The van der Waals surface area contributed by atoms with E-state index in [0.717, 1.165) is 10.6 Å². The number of benzene rings is 1. The molecule has 0 radical (unpaired) electrons. The maximum absolute atomic E-state index is 12.2. The van der Waals surface area contributed by atoms with E-state index < -0.39 is 22.0 Å². The first kappa shape index (κ1) is 17.1. The molecule has 1 fully saturated rings. The van der Waals surface area contributed by atoms with E-state index >= 15 is 0 Å². The zero-order valence-corrected chi connectivity index (χ0v) is 14.8. The molecule has 128 valence electrons. The van der Waals surface area contributed by atoms with Crippen LogP contribution in [0.1, 0.15) is 5.69 Å². The van der Waals surface area contributed by atoms with Gasteiger partial charge >= 0.3 is 0 Å². The largest absolute Gasteiger partial charge is 0.378 e. The number of hydrogen-bond acceptors (Lipinski definition) is 6. The fraction of sp³-hybridized carbons (Fsp3) is 0.375. The summed E-state index contributed by atoms with van der Waals surface area (Å²) in [6.07, 6.45) is -0.370. The van der Waals surface area contributed by atoms with Gasteiger partial charge in [0.25, 0.3) is 0 Å². The van der Waals surface area contributed by atoms with Crippen LogP contribution in [-0.4, -0.2) is 50.1 Å². The Morgan fingerprint density at radius 1 is 1.33 bits per heavy atom. The Kier molecular flexibility index (Phi) is 4.98. The average molecular weight is 366 g/mol. The fourth-order valence-corrected chi connectivity index (χ4v) is 5.38. The molecule has 3 rings (SSSR count). The molecular formula is C16H18N2O4S2. The molecule has 1 amide bonds. The maximum atomic E-state index is 12.2. The van der Waals surface area contributed by atoms with E-state index in [2.05, 4.69) is 10.3 Å². The summed E-state index contributed by atoms with van der Waals surface area (Å²) in [5, 5.41) is 5.46. The van der Waals surface area contributed by atoms with Crippen LogP contribution in [0.5, 0.6) is 0 Å². The molecule has 8 heteroatoms. The predicted molar refractivity (Wildman–Crippen MR) is 92.6 cm³/mol. The van der Waals surface area contributed by atoms with Gasteiger partial charge in [-0.2, -0.15) is 0 Å². The summed E-state index contributed by atoms with van der Waals surface area (Å²) in [4.78, 5) is 16.7. The Bertz CT molecular complexity index is 818. The van der Waals surface area contributed by atoms with Crippen LogP contribution >= 0.6 is 11.3 Å². The lowest BCUT2D eigenvalue weighted by molar-refractivity contribution is -0.121. The predicted octanol–water partition coefficient (Wildman–Crippen LogP) is 1.28. The van der Waals surface area contributed by atoms with Crippen LogP contribution < -0.4 is 5.32 Å². The van der Waals surface area contributed by atoms with Gasteiger partial charge in [0.05, 0.1) is 35.8 Å². The van der Waals surface area contributed by atoms with Crippen molar-refractivity contribution < 1.29 is 17.9 Å². The van der Waals surface area contributed by atoms with Gasteiger partial charge in [-0.1, -0.05) is 30.3 Å². The third kappa shape index (κ3) is 4.00. The van der Waals surface area contributed by atoms with Crippen molar-refractivity contribution in [2.24, 2.45) is 0 Å². The Morgan fingerprint density at radius 3 is 2.79 bits per heavy atom. The molecule has 2 aromatic rings. The molecule has 0 spiro atoms. The zero-order chi connectivity index (χ0) is 17.2. The monoisotopic (exact) mass is 366 g/mol. The second-order valence-electron chi connectivity index (χ2n) is 5.71. The molecule has 2 atom stereocenters. The summed E-state index contributed by atoms with van der Waals surface area (Å²) in [5.74, 6) is -0.378. The summed E-state index contributed by atoms with van der Waals surface area (Å²) < 4.78 is 28.5. The van der Waals surface area contributed by atoms with Crippen LogP contribution in [0.15, 0.2) is 35.7 Å². The molecule has 1 aliphatic rings. The van der Waals surface area contributed by atoms with E-state index in [1.807, 2.05) is 35.7 Å².